The number of ketones is 1. The standard InChI is InChI=1S/C16H21NO2/c1-10-4-2-6-12-14(10)16(18)15-11-5-3-8-17(11)9-7-13(15)19-12/h2,4,10-11,13,15H,3,5-9H2,1H3. The van der Waals surface area contributed by atoms with Gasteiger partial charge in [-0.3, -0.25) is 9.69 Å². The van der Waals surface area contributed by atoms with Gasteiger partial charge in [0.1, 0.15) is 11.9 Å². The van der Waals surface area contributed by atoms with E-state index in [2.05, 4.69) is 24.0 Å². The van der Waals surface area contributed by atoms with Gasteiger partial charge >= 0.3 is 0 Å². The Hall–Kier alpha value is -1.09. The highest BCUT2D eigenvalue weighted by Gasteiger charge is 2.49. The third-order valence-corrected chi connectivity index (χ3v) is 5.28. The van der Waals surface area contributed by atoms with Crippen molar-refractivity contribution in [2.24, 2.45) is 11.8 Å². The molecule has 3 heterocycles. The van der Waals surface area contributed by atoms with Crippen LogP contribution in [0.4, 0.5) is 0 Å². The molecule has 0 spiro atoms. The fraction of sp³-hybridized carbons (Fsp3) is 0.688. The van der Waals surface area contributed by atoms with E-state index in [1.54, 1.807) is 0 Å². The fourth-order valence-corrected chi connectivity index (χ4v) is 4.41. The van der Waals surface area contributed by atoms with Crippen molar-refractivity contribution in [2.45, 2.75) is 44.8 Å². The summed E-state index contributed by atoms with van der Waals surface area (Å²) in [4.78, 5) is 15.5. The van der Waals surface area contributed by atoms with Crippen molar-refractivity contribution in [2.75, 3.05) is 13.1 Å². The number of hydrogen-bond acceptors (Lipinski definition) is 3. The van der Waals surface area contributed by atoms with Crippen LogP contribution in [-0.2, 0) is 9.53 Å². The topological polar surface area (TPSA) is 29.5 Å². The second-order valence-electron chi connectivity index (χ2n) is 6.34. The number of ether oxygens (including phenoxy) is 1. The van der Waals surface area contributed by atoms with Crippen LogP contribution < -0.4 is 0 Å². The maximum absolute atomic E-state index is 12.9. The van der Waals surface area contributed by atoms with E-state index in [0.29, 0.717) is 11.8 Å². The summed E-state index contributed by atoms with van der Waals surface area (Å²) in [5.74, 6) is 1.69. The van der Waals surface area contributed by atoms with Crippen LogP contribution in [0.25, 0.3) is 0 Å². The zero-order valence-electron chi connectivity index (χ0n) is 11.5. The van der Waals surface area contributed by atoms with E-state index in [1.165, 1.54) is 19.4 Å². The monoisotopic (exact) mass is 259 g/mol. The highest BCUT2D eigenvalue weighted by molar-refractivity contribution is 6.00. The molecule has 0 saturated carbocycles. The molecule has 102 valence electrons. The molecule has 19 heavy (non-hydrogen) atoms. The average molecular weight is 259 g/mol. The molecule has 2 saturated heterocycles. The Bertz CT molecular complexity index is 479. The van der Waals surface area contributed by atoms with Gasteiger partial charge in [-0.15, -0.1) is 0 Å². The lowest BCUT2D eigenvalue weighted by atomic mass is 9.75. The minimum atomic E-state index is 0.101. The van der Waals surface area contributed by atoms with Gasteiger partial charge in [0.2, 0.25) is 0 Å². The summed E-state index contributed by atoms with van der Waals surface area (Å²) >= 11 is 0. The zero-order valence-corrected chi connectivity index (χ0v) is 11.5. The molecule has 0 N–H and O–H groups in total. The maximum atomic E-state index is 12.9. The molecule has 0 radical (unpaired) electrons. The Labute approximate surface area is 114 Å². The summed E-state index contributed by atoms with van der Waals surface area (Å²) in [5.41, 5.74) is 0.970. The van der Waals surface area contributed by atoms with Gasteiger partial charge in [-0.1, -0.05) is 19.1 Å². The number of Topliss-reactive ketones (excluding diaryl/α,β-unsaturated/α-hetero) is 1. The fourth-order valence-electron chi connectivity index (χ4n) is 4.41. The average Bonchev–Trinajstić information content (AvgIpc) is 2.86. The Balaban J connectivity index is 1.71. The van der Waals surface area contributed by atoms with Crippen molar-refractivity contribution in [1.82, 2.24) is 4.90 Å². The van der Waals surface area contributed by atoms with Gasteiger partial charge < -0.3 is 4.74 Å². The molecule has 2 fully saturated rings. The van der Waals surface area contributed by atoms with E-state index in [1.807, 2.05) is 0 Å². The number of nitrogens with zero attached hydrogens (tertiary/aromatic N) is 1. The second-order valence-corrected chi connectivity index (χ2v) is 6.34. The van der Waals surface area contributed by atoms with Gasteiger partial charge in [0, 0.05) is 30.5 Å². The Morgan fingerprint density at radius 3 is 3.11 bits per heavy atom. The van der Waals surface area contributed by atoms with E-state index < -0.39 is 0 Å². The summed E-state index contributed by atoms with van der Waals surface area (Å²) < 4.78 is 6.22. The third kappa shape index (κ3) is 1.64. The van der Waals surface area contributed by atoms with Crippen LogP contribution in [0.3, 0.4) is 0 Å². The zero-order chi connectivity index (χ0) is 13.0. The van der Waals surface area contributed by atoms with Gasteiger partial charge in [-0.25, -0.2) is 0 Å². The van der Waals surface area contributed by atoms with Crippen molar-refractivity contribution in [1.29, 1.82) is 0 Å². The van der Waals surface area contributed by atoms with E-state index in [0.717, 1.165) is 30.7 Å². The van der Waals surface area contributed by atoms with E-state index in [9.17, 15) is 4.79 Å². The molecular weight excluding hydrogens is 238 g/mol. The van der Waals surface area contributed by atoms with Crippen LogP contribution in [-0.4, -0.2) is 35.9 Å². The highest BCUT2D eigenvalue weighted by Crippen LogP contribution is 2.43. The smallest absolute Gasteiger partial charge is 0.171 e. The molecule has 0 bridgehead atoms. The first-order chi connectivity index (χ1) is 9.25. The molecule has 4 aliphatic rings. The predicted molar refractivity (Wildman–Crippen MR) is 72.5 cm³/mol. The molecule has 0 aromatic rings. The Kier molecular flexibility index (Phi) is 2.59. The first-order valence-electron chi connectivity index (χ1n) is 7.60. The summed E-state index contributed by atoms with van der Waals surface area (Å²) in [5, 5.41) is 0. The van der Waals surface area contributed by atoms with E-state index >= 15 is 0 Å². The normalized spacial score (nSPS) is 41.6. The SMILES string of the molecule is CC1C=CCC2=C1C(=O)C1C(CCN3CCCC13)O2. The third-order valence-electron chi connectivity index (χ3n) is 5.28. The summed E-state index contributed by atoms with van der Waals surface area (Å²) in [6.45, 7) is 4.39. The van der Waals surface area contributed by atoms with Gasteiger partial charge in [-0.2, -0.15) is 0 Å². The van der Waals surface area contributed by atoms with Gasteiger partial charge in [0.25, 0.3) is 0 Å². The number of carbonyl (C=O) groups is 1. The molecule has 0 aromatic heterocycles. The second kappa shape index (κ2) is 4.20. The molecule has 1 aliphatic carbocycles. The van der Waals surface area contributed by atoms with Crippen LogP contribution in [0.2, 0.25) is 0 Å². The highest BCUT2D eigenvalue weighted by atomic mass is 16.5. The van der Waals surface area contributed by atoms with Gasteiger partial charge in [0.15, 0.2) is 5.78 Å². The minimum Gasteiger partial charge on any atom is -0.493 e. The van der Waals surface area contributed by atoms with Gasteiger partial charge in [-0.05, 0) is 25.8 Å². The number of allylic oxidation sites excluding steroid dienone is 3. The van der Waals surface area contributed by atoms with Crippen molar-refractivity contribution in [3.63, 3.8) is 0 Å². The molecular formula is C16H21NO2. The number of hydrogen-bond donors (Lipinski definition) is 0. The Morgan fingerprint density at radius 1 is 1.32 bits per heavy atom. The lowest BCUT2D eigenvalue weighted by molar-refractivity contribution is -0.134. The minimum absolute atomic E-state index is 0.101. The van der Waals surface area contributed by atoms with Crippen molar-refractivity contribution in [3.05, 3.63) is 23.5 Å². The van der Waals surface area contributed by atoms with Crippen LogP contribution in [0.15, 0.2) is 23.5 Å². The number of piperidine rings is 1. The molecule has 3 aliphatic heterocycles. The molecule has 4 unspecified atom stereocenters. The van der Waals surface area contributed by atoms with Crippen LogP contribution in [0, 0.1) is 11.8 Å². The number of rotatable bonds is 0. The van der Waals surface area contributed by atoms with Crippen LogP contribution in [0.1, 0.15) is 32.6 Å². The first kappa shape index (κ1) is 11.7. The molecule has 3 heteroatoms. The Morgan fingerprint density at radius 2 is 2.21 bits per heavy atom. The van der Waals surface area contributed by atoms with Crippen LogP contribution >= 0.6 is 0 Å². The maximum Gasteiger partial charge on any atom is 0.171 e. The largest absolute Gasteiger partial charge is 0.493 e. The van der Waals surface area contributed by atoms with E-state index in [-0.39, 0.29) is 17.9 Å². The molecule has 0 aromatic carbocycles. The molecule has 0 amide bonds. The first-order valence-corrected chi connectivity index (χ1v) is 7.60. The quantitative estimate of drug-likeness (QED) is 0.625. The summed E-state index contributed by atoms with van der Waals surface area (Å²) in [6.07, 6.45) is 8.66. The molecule has 3 nitrogen and oxygen atoms in total. The molecule has 4 rings (SSSR count). The lowest BCUT2D eigenvalue weighted by Gasteiger charge is -2.45. The molecule has 4 atom stereocenters. The summed E-state index contributed by atoms with van der Waals surface area (Å²) in [6, 6.07) is 0.443. The number of fused-ring (bicyclic) bond motifs is 3. The summed E-state index contributed by atoms with van der Waals surface area (Å²) in [7, 11) is 0. The number of carbonyl (C=O) groups excluding carboxylic acids is 1. The predicted octanol–water partition coefficient (Wildman–Crippen LogP) is 2.29. The van der Waals surface area contributed by atoms with Crippen molar-refractivity contribution in [3.8, 4) is 0 Å². The lowest BCUT2D eigenvalue weighted by Crippen LogP contribution is -2.54. The van der Waals surface area contributed by atoms with Crippen molar-refractivity contribution >= 4 is 5.78 Å². The van der Waals surface area contributed by atoms with Crippen molar-refractivity contribution < 1.29 is 9.53 Å². The van der Waals surface area contributed by atoms with Gasteiger partial charge in [0.05, 0.1) is 5.92 Å². The van der Waals surface area contributed by atoms with Crippen LogP contribution in [0.5, 0.6) is 0 Å². The van der Waals surface area contributed by atoms with E-state index in [4.69, 9.17) is 4.74 Å².